The fourth-order valence-electron chi connectivity index (χ4n) is 2.39. The largest absolute Gasteiger partial charge is 0.367 e. The maximum Gasteiger partial charge on any atom is 0.255 e. The van der Waals surface area contributed by atoms with Crippen molar-refractivity contribution in [2.75, 3.05) is 5.32 Å². The van der Waals surface area contributed by atoms with Gasteiger partial charge in [0.15, 0.2) is 0 Å². The van der Waals surface area contributed by atoms with Crippen LogP contribution in [0, 0.1) is 12.7 Å². The van der Waals surface area contributed by atoms with Crippen molar-refractivity contribution in [1.82, 2.24) is 19.6 Å². The molecule has 0 saturated carbocycles. The molecule has 2 aromatic heterocycles. The van der Waals surface area contributed by atoms with Crippen LogP contribution in [-0.4, -0.2) is 25.6 Å². The number of fused-ring (bicyclic) bond motifs is 1. The monoisotopic (exact) mass is 319 g/mol. The molecule has 7 heteroatoms. The highest BCUT2D eigenvalue weighted by atomic mass is 35.5. The number of rotatable bonds is 3. The van der Waals surface area contributed by atoms with Gasteiger partial charge in [0.1, 0.15) is 23.1 Å². The van der Waals surface area contributed by atoms with Crippen molar-refractivity contribution in [3.05, 3.63) is 41.1 Å². The average Bonchev–Trinajstić information content (AvgIpc) is 2.88. The van der Waals surface area contributed by atoms with Crippen LogP contribution >= 0.6 is 11.6 Å². The Morgan fingerprint density at radius 3 is 2.73 bits per heavy atom. The number of anilines is 1. The van der Waals surface area contributed by atoms with Gasteiger partial charge in [-0.3, -0.25) is 0 Å². The maximum absolute atomic E-state index is 14.4. The van der Waals surface area contributed by atoms with Gasteiger partial charge in [0.25, 0.3) is 5.78 Å². The van der Waals surface area contributed by atoms with E-state index >= 15 is 0 Å². The summed E-state index contributed by atoms with van der Waals surface area (Å²) in [4.78, 5) is 8.26. The first kappa shape index (κ1) is 14.7. The van der Waals surface area contributed by atoms with Crippen molar-refractivity contribution < 1.29 is 4.39 Å². The molecule has 114 valence electrons. The lowest BCUT2D eigenvalue weighted by molar-refractivity contribution is 0.630. The highest BCUT2D eigenvalue weighted by molar-refractivity contribution is 6.33. The third kappa shape index (κ3) is 2.39. The van der Waals surface area contributed by atoms with Crippen LogP contribution < -0.4 is 5.32 Å². The van der Waals surface area contributed by atoms with Gasteiger partial charge < -0.3 is 5.32 Å². The van der Waals surface area contributed by atoms with E-state index < -0.39 is 0 Å². The molecule has 0 unspecified atom stereocenters. The van der Waals surface area contributed by atoms with Crippen LogP contribution in [0.3, 0.4) is 0 Å². The van der Waals surface area contributed by atoms with E-state index in [-0.39, 0.29) is 17.0 Å². The van der Waals surface area contributed by atoms with Crippen molar-refractivity contribution in [2.45, 2.75) is 26.8 Å². The van der Waals surface area contributed by atoms with Gasteiger partial charge >= 0.3 is 0 Å². The lowest BCUT2D eigenvalue weighted by atomic mass is 10.0. The van der Waals surface area contributed by atoms with Crippen LogP contribution in [0.25, 0.3) is 16.9 Å². The quantitative estimate of drug-likeness (QED) is 0.748. The molecule has 0 saturated heterocycles. The molecule has 0 amide bonds. The summed E-state index contributed by atoms with van der Waals surface area (Å²) in [6, 6.07) is 5.01. The Labute approximate surface area is 132 Å². The fraction of sp³-hybridized carbons (Fsp3) is 0.267. The van der Waals surface area contributed by atoms with Gasteiger partial charge in [-0.1, -0.05) is 23.7 Å². The van der Waals surface area contributed by atoms with Crippen LogP contribution in [0.4, 0.5) is 10.2 Å². The second kappa shape index (κ2) is 5.53. The highest BCUT2D eigenvalue weighted by Crippen LogP contribution is 2.37. The third-order valence-corrected chi connectivity index (χ3v) is 3.55. The molecule has 1 aromatic carbocycles. The number of nitrogens with one attached hydrogen (secondary N) is 1. The predicted octanol–water partition coefficient (Wildman–Crippen LogP) is 3.71. The minimum atomic E-state index is -0.352. The lowest BCUT2D eigenvalue weighted by Crippen LogP contribution is -2.16. The molecule has 0 aliphatic rings. The van der Waals surface area contributed by atoms with Gasteiger partial charge in [-0.05, 0) is 32.4 Å². The van der Waals surface area contributed by atoms with E-state index in [9.17, 15) is 4.39 Å². The first-order chi connectivity index (χ1) is 10.5. The second-order valence-electron chi connectivity index (χ2n) is 5.33. The summed E-state index contributed by atoms with van der Waals surface area (Å²) in [6.45, 7) is 5.80. The molecule has 0 aliphatic heterocycles. The number of hydrogen-bond acceptors (Lipinski definition) is 4. The number of aromatic nitrogens is 4. The summed E-state index contributed by atoms with van der Waals surface area (Å²) < 4.78 is 15.9. The van der Waals surface area contributed by atoms with Crippen LogP contribution in [-0.2, 0) is 0 Å². The Kier molecular flexibility index (Phi) is 3.70. The molecule has 0 bridgehead atoms. The van der Waals surface area contributed by atoms with Crippen molar-refractivity contribution in [1.29, 1.82) is 0 Å². The smallest absolute Gasteiger partial charge is 0.255 e. The van der Waals surface area contributed by atoms with E-state index in [0.29, 0.717) is 22.7 Å². The van der Waals surface area contributed by atoms with Crippen LogP contribution in [0.1, 0.15) is 19.4 Å². The Morgan fingerprint density at radius 2 is 2.05 bits per heavy atom. The zero-order valence-corrected chi connectivity index (χ0v) is 13.2. The number of nitrogens with zero attached hydrogens (tertiary/aromatic N) is 4. The van der Waals surface area contributed by atoms with Gasteiger partial charge in [0, 0.05) is 11.6 Å². The molecule has 3 rings (SSSR count). The number of halogens is 2. The molecule has 0 radical (unpaired) electrons. The molecular formula is C15H15ClFN5. The van der Waals surface area contributed by atoms with Crippen LogP contribution in [0.15, 0.2) is 24.5 Å². The topological polar surface area (TPSA) is 55.1 Å². The van der Waals surface area contributed by atoms with Crippen LogP contribution in [0.5, 0.6) is 0 Å². The van der Waals surface area contributed by atoms with Gasteiger partial charge in [0.2, 0.25) is 0 Å². The summed E-state index contributed by atoms with van der Waals surface area (Å²) >= 11 is 6.33. The van der Waals surface area contributed by atoms with E-state index in [1.165, 1.54) is 16.9 Å². The fourth-order valence-corrected chi connectivity index (χ4v) is 2.65. The van der Waals surface area contributed by atoms with E-state index in [2.05, 4.69) is 20.4 Å². The third-order valence-electron chi connectivity index (χ3n) is 3.28. The predicted molar refractivity (Wildman–Crippen MR) is 84.7 cm³/mol. The normalized spacial score (nSPS) is 11.4. The molecule has 3 aromatic rings. The SMILES string of the molecule is Cc1cccc(F)c1-c1c(Cl)nc2ncnn2c1NC(C)C. The first-order valence-corrected chi connectivity index (χ1v) is 7.28. The zero-order chi connectivity index (χ0) is 15.9. The number of hydrogen-bond donors (Lipinski definition) is 1. The van der Waals surface area contributed by atoms with E-state index in [1.54, 1.807) is 6.07 Å². The summed E-state index contributed by atoms with van der Waals surface area (Å²) in [5, 5.41) is 7.61. The second-order valence-corrected chi connectivity index (χ2v) is 5.69. The zero-order valence-electron chi connectivity index (χ0n) is 12.4. The van der Waals surface area contributed by atoms with Crippen LogP contribution in [0.2, 0.25) is 5.15 Å². The Balaban J connectivity index is 2.39. The molecule has 0 atom stereocenters. The number of aryl methyl sites for hydroxylation is 1. The summed E-state index contributed by atoms with van der Waals surface area (Å²) in [7, 11) is 0. The average molecular weight is 320 g/mol. The minimum absolute atomic E-state index is 0.108. The van der Waals surface area contributed by atoms with Gasteiger partial charge in [-0.2, -0.15) is 19.6 Å². The summed E-state index contributed by atoms with van der Waals surface area (Å²) in [5.41, 5.74) is 1.68. The molecule has 0 spiro atoms. The molecule has 0 aliphatic carbocycles. The Morgan fingerprint density at radius 1 is 1.27 bits per heavy atom. The summed E-state index contributed by atoms with van der Waals surface area (Å²) in [6.07, 6.45) is 1.39. The lowest BCUT2D eigenvalue weighted by Gasteiger charge is -2.18. The van der Waals surface area contributed by atoms with Crippen molar-refractivity contribution in [2.24, 2.45) is 0 Å². The van der Waals surface area contributed by atoms with Crippen molar-refractivity contribution in [3.8, 4) is 11.1 Å². The molecule has 5 nitrogen and oxygen atoms in total. The molecule has 0 fully saturated rings. The molecular weight excluding hydrogens is 305 g/mol. The maximum atomic E-state index is 14.4. The van der Waals surface area contributed by atoms with Gasteiger partial charge in [-0.25, -0.2) is 4.39 Å². The first-order valence-electron chi connectivity index (χ1n) is 6.90. The van der Waals surface area contributed by atoms with Gasteiger partial charge in [-0.15, -0.1) is 0 Å². The van der Waals surface area contributed by atoms with Crippen molar-refractivity contribution in [3.63, 3.8) is 0 Å². The Bertz CT molecular complexity index is 823. The van der Waals surface area contributed by atoms with E-state index in [0.717, 1.165) is 5.56 Å². The van der Waals surface area contributed by atoms with Crippen molar-refractivity contribution >= 4 is 23.2 Å². The molecule has 22 heavy (non-hydrogen) atoms. The van der Waals surface area contributed by atoms with E-state index in [1.807, 2.05) is 26.8 Å². The summed E-state index contributed by atoms with van der Waals surface area (Å²) in [5.74, 6) is 0.594. The number of benzene rings is 1. The minimum Gasteiger partial charge on any atom is -0.367 e. The standard InChI is InChI=1S/C15H15ClFN5/c1-8(2)20-14-12(11-9(3)5-4-6-10(11)17)13(16)21-15-18-7-19-22(14)15/h4-8,20H,1-3H3. The molecule has 2 heterocycles. The van der Waals surface area contributed by atoms with E-state index in [4.69, 9.17) is 11.6 Å². The molecule has 1 N–H and O–H groups in total. The highest BCUT2D eigenvalue weighted by Gasteiger charge is 2.21. The van der Waals surface area contributed by atoms with Gasteiger partial charge in [0.05, 0.1) is 5.56 Å². The Hall–Kier alpha value is -2.21.